The van der Waals surface area contributed by atoms with E-state index in [0.29, 0.717) is 23.6 Å². The van der Waals surface area contributed by atoms with E-state index in [1.165, 1.54) is 0 Å². The van der Waals surface area contributed by atoms with Crippen molar-refractivity contribution in [2.75, 3.05) is 0 Å². The van der Waals surface area contributed by atoms with Crippen LogP contribution >= 0.6 is 0 Å². The fourth-order valence-electron chi connectivity index (χ4n) is 5.26. The average Bonchev–Trinajstić information content (AvgIpc) is 3.62. The third-order valence-corrected chi connectivity index (χ3v) is 7.16. The molecular formula is C28H27N5O3. The Kier molecular flexibility index (Phi) is 5.25. The van der Waals surface area contributed by atoms with Gasteiger partial charge in [0, 0.05) is 30.1 Å². The summed E-state index contributed by atoms with van der Waals surface area (Å²) in [6.07, 6.45) is 5.62. The van der Waals surface area contributed by atoms with Crippen molar-refractivity contribution < 1.29 is 9.90 Å². The van der Waals surface area contributed by atoms with Crippen LogP contribution in [-0.4, -0.2) is 34.7 Å². The second-order valence-corrected chi connectivity index (χ2v) is 9.71. The fourth-order valence-corrected chi connectivity index (χ4v) is 5.26. The van der Waals surface area contributed by atoms with Crippen LogP contribution in [0.4, 0.5) is 0 Å². The molecule has 6 rings (SSSR count). The normalized spacial score (nSPS) is 14.5. The molecule has 5 aromatic rings. The maximum absolute atomic E-state index is 14.1. The molecule has 8 nitrogen and oxygen atoms in total. The van der Waals surface area contributed by atoms with Crippen molar-refractivity contribution in [3.05, 3.63) is 93.9 Å². The van der Waals surface area contributed by atoms with E-state index in [0.717, 1.165) is 46.3 Å². The zero-order chi connectivity index (χ0) is 25.0. The van der Waals surface area contributed by atoms with Gasteiger partial charge in [-0.15, -0.1) is 0 Å². The lowest BCUT2D eigenvalue weighted by molar-refractivity contribution is -0.137. The third-order valence-electron chi connectivity index (χ3n) is 7.16. The summed E-state index contributed by atoms with van der Waals surface area (Å²) >= 11 is 0. The molecule has 36 heavy (non-hydrogen) atoms. The number of carboxylic acid groups (broad SMARTS) is 1. The summed E-state index contributed by atoms with van der Waals surface area (Å²) in [5.74, 6) is 0.0472. The highest BCUT2D eigenvalue weighted by Crippen LogP contribution is 2.38. The van der Waals surface area contributed by atoms with Crippen LogP contribution in [0, 0.1) is 6.92 Å². The number of benzene rings is 2. The zero-order valence-corrected chi connectivity index (χ0v) is 20.3. The second kappa shape index (κ2) is 8.48. The number of carbonyl (C=O) groups is 1. The maximum atomic E-state index is 14.1. The molecule has 1 atom stereocenters. The number of aryl methyl sites for hydroxylation is 2. The first kappa shape index (κ1) is 22.3. The van der Waals surface area contributed by atoms with Crippen molar-refractivity contribution in [2.45, 2.75) is 44.7 Å². The number of carboxylic acids is 1. The minimum atomic E-state index is -0.974. The molecule has 1 aliphatic carbocycles. The number of imidazole rings is 1. The van der Waals surface area contributed by atoms with Crippen LogP contribution in [0.15, 0.2) is 65.7 Å². The van der Waals surface area contributed by atoms with Crippen LogP contribution in [0.5, 0.6) is 0 Å². The minimum Gasteiger partial charge on any atom is -0.481 e. The first-order valence-electron chi connectivity index (χ1n) is 12.2. The van der Waals surface area contributed by atoms with Gasteiger partial charge in [-0.1, -0.05) is 42.5 Å². The summed E-state index contributed by atoms with van der Waals surface area (Å²) < 4.78 is 5.32. The van der Waals surface area contributed by atoms with Crippen LogP contribution in [0.2, 0.25) is 0 Å². The van der Waals surface area contributed by atoms with E-state index >= 15 is 0 Å². The molecule has 182 valence electrons. The average molecular weight is 482 g/mol. The molecule has 3 heterocycles. The lowest BCUT2D eigenvalue weighted by atomic mass is 10.0. The Hall–Kier alpha value is -4.20. The van der Waals surface area contributed by atoms with Crippen LogP contribution in [0.1, 0.15) is 53.7 Å². The molecule has 0 spiro atoms. The first-order chi connectivity index (χ1) is 17.4. The molecule has 0 radical (unpaired) electrons. The molecule has 3 aromatic heterocycles. The predicted octanol–water partition coefficient (Wildman–Crippen LogP) is 4.38. The van der Waals surface area contributed by atoms with Crippen molar-refractivity contribution in [3.63, 3.8) is 0 Å². The molecular weight excluding hydrogens is 454 g/mol. The molecule has 1 N–H and O–H groups in total. The van der Waals surface area contributed by atoms with E-state index in [1.807, 2.05) is 43.4 Å². The standard InChI is InChI=1S/C28H27N5O3/c1-17-7-6-10-21-25(17)20(15-31(21)2)16-32-23-14-29-26(19-11-12-19)30-27(23)33(28(32)36)22(13-24(34)35)18-8-4-3-5-9-18/h3-10,14-15,19,22H,11-13,16H2,1-2H3,(H,34,35). The smallest absolute Gasteiger partial charge is 0.331 e. The van der Waals surface area contributed by atoms with Crippen LogP contribution < -0.4 is 5.69 Å². The topological polar surface area (TPSA) is 94.9 Å². The highest BCUT2D eigenvalue weighted by atomic mass is 16.4. The van der Waals surface area contributed by atoms with E-state index < -0.39 is 12.0 Å². The molecule has 1 unspecified atom stereocenters. The largest absolute Gasteiger partial charge is 0.481 e. The van der Waals surface area contributed by atoms with Crippen LogP contribution in [0.25, 0.3) is 22.1 Å². The third kappa shape index (κ3) is 3.69. The summed E-state index contributed by atoms with van der Waals surface area (Å²) in [5, 5.41) is 10.9. The van der Waals surface area contributed by atoms with E-state index in [4.69, 9.17) is 4.98 Å². The molecule has 1 aliphatic rings. The number of aliphatic carboxylic acids is 1. The van der Waals surface area contributed by atoms with Gasteiger partial charge in [0.25, 0.3) is 0 Å². The molecule has 1 saturated carbocycles. The predicted molar refractivity (Wildman–Crippen MR) is 137 cm³/mol. The maximum Gasteiger partial charge on any atom is 0.331 e. The second-order valence-electron chi connectivity index (χ2n) is 9.71. The number of hydrogen-bond acceptors (Lipinski definition) is 4. The molecule has 0 amide bonds. The molecule has 1 fully saturated rings. The Balaban J connectivity index is 1.58. The summed E-state index contributed by atoms with van der Waals surface area (Å²) in [6, 6.07) is 14.8. The minimum absolute atomic E-state index is 0.223. The van der Waals surface area contributed by atoms with Crippen LogP contribution in [0.3, 0.4) is 0 Å². The number of rotatable bonds is 7. The summed E-state index contributed by atoms with van der Waals surface area (Å²) in [6.45, 7) is 2.41. The number of hydrogen-bond donors (Lipinski definition) is 1. The molecule has 8 heteroatoms. The van der Waals surface area contributed by atoms with Gasteiger partial charge in [-0.05, 0) is 42.5 Å². The highest BCUT2D eigenvalue weighted by Gasteiger charge is 2.30. The number of nitrogens with zero attached hydrogens (tertiary/aromatic N) is 5. The Morgan fingerprint density at radius 2 is 1.89 bits per heavy atom. The van der Waals surface area contributed by atoms with Crippen molar-refractivity contribution in [3.8, 4) is 0 Å². The number of fused-ring (bicyclic) bond motifs is 2. The Morgan fingerprint density at radius 1 is 1.11 bits per heavy atom. The SMILES string of the molecule is Cc1cccc2c1c(Cn1c(=O)n(C(CC(=O)O)c3ccccc3)c3nc(C4CC4)ncc31)cn2C. The molecule has 0 aliphatic heterocycles. The van der Waals surface area contributed by atoms with E-state index in [9.17, 15) is 14.7 Å². The van der Waals surface area contributed by atoms with E-state index in [1.54, 1.807) is 15.3 Å². The zero-order valence-electron chi connectivity index (χ0n) is 20.3. The van der Waals surface area contributed by atoms with Gasteiger partial charge in [-0.25, -0.2) is 14.8 Å². The van der Waals surface area contributed by atoms with Gasteiger partial charge >= 0.3 is 11.7 Å². The Morgan fingerprint density at radius 3 is 2.61 bits per heavy atom. The van der Waals surface area contributed by atoms with Gasteiger partial charge in [0.1, 0.15) is 11.3 Å². The number of aromatic nitrogens is 5. The summed E-state index contributed by atoms with van der Waals surface area (Å²) in [4.78, 5) is 35.4. The van der Waals surface area contributed by atoms with Crippen LogP contribution in [-0.2, 0) is 18.4 Å². The molecule has 0 saturated heterocycles. The summed E-state index contributed by atoms with van der Waals surface area (Å²) in [5.41, 5.74) is 4.83. The molecule has 0 bridgehead atoms. The monoisotopic (exact) mass is 481 g/mol. The Labute approximate surface area is 207 Å². The van der Waals surface area contributed by atoms with Crippen molar-refractivity contribution in [1.29, 1.82) is 0 Å². The Bertz CT molecular complexity index is 1670. The van der Waals surface area contributed by atoms with Gasteiger partial charge in [-0.2, -0.15) is 0 Å². The lowest BCUT2D eigenvalue weighted by Gasteiger charge is -2.17. The van der Waals surface area contributed by atoms with E-state index in [-0.39, 0.29) is 12.1 Å². The first-order valence-corrected chi connectivity index (χ1v) is 12.2. The van der Waals surface area contributed by atoms with Gasteiger partial charge in [0.05, 0.1) is 25.2 Å². The van der Waals surface area contributed by atoms with Gasteiger partial charge in [-0.3, -0.25) is 13.9 Å². The lowest BCUT2D eigenvalue weighted by Crippen LogP contribution is -2.29. The quantitative estimate of drug-likeness (QED) is 0.372. The van der Waals surface area contributed by atoms with Crippen molar-refractivity contribution in [2.24, 2.45) is 7.05 Å². The van der Waals surface area contributed by atoms with E-state index in [2.05, 4.69) is 34.8 Å². The summed E-state index contributed by atoms with van der Waals surface area (Å²) in [7, 11) is 2.00. The van der Waals surface area contributed by atoms with Crippen molar-refractivity contribution in [1.82, 2.24) is 23.7 Å². The van der Waals surface area contributed by atoms with Gasteiger partial charge in [0.2, 0.25) is 0 Å². The highest BCUT2D eigenvalue weighted by molar-refractivity contribution is 5.87. The van der Waals surface area contributed by atoms with Gasteiger partial charge in [0.15, 0.2) is 5.65 Å². The fraction of sp³-hybridized carbons (Fsp3) is 0.286. The molecule has 2 aromatic carbocycles. The van der Waals surface area contributed by atoms with Gasteiger partial charge < -0.3 is 9.67 Å². The van der Waals surface area contributed by atoms with Crippen molar-refractivity contribution >= 4 is 28.0 Å².